The number of hydrogen-bond acceptors (Lipinski definition) is 5. The average molecular weight is 348 g/mol. The van der Waals surface area contributed by atoms with Crippen molar-refractivity contribution in [2.75, 3.05) is 13.1 Å². The third kappa shape index (κ3) is 3.30. The molecule has 1 aromatic carbocycles. The van der Waals surface area contributed by atoms with Crippen LogP contribution in [0.5, 0.6) is 5.88 Å². The van der Waals surface area contributed by atoms with Gasteiger partial charge in [-0.1, -0.05) is 17.7 Å². The van der Waals surface area contributed by atoms with Crippen LogP contribution in [0.2, 0.25) is 5.02 Å². The maximum absolute atomic E-state index is 12.4. The standard InChI is InChI=1S/C16H14ClN3O4/c1-10-3-2-4-15(18-10)24-12-8-19(9-12)16(21)13-7-11(17)5-6-14(13)20(22)23/h2-7,12H,8-9H2,1H3. The van der Waals surface area contributed by atoms with E-state index in [2.05, 4.69) is 4.98 Å². The molecule has 2 aromatic rings. The van der Waals surface area contributed by atoms with Gasteiger partial charge in [-0.15, -0.1) is 0 Å². The van der Waals surface area contributed by atoms with E-state index in [0.29, 0.717) is 19.0 Å². The summed E-state index contributed by atoms with van der Waals surface area (Å²) in [5.74, 6) is 0.0714. The number of aryl methyl sites for hydroxylation is 1. The second-order valence-corrected chi connectivity index (χ2v) is 5.92. The Kier molecular flexibility index (Phi) is 4.35. The van der Waals surface area contributed by atoms with Gasteiger partial charge in [0.2, 0.25) is 5.88 Å². The van der Waals surface area contributed by atoms with Crippen molar-refractivity contribution in [3.63, 3.8) is 0 Å². The van der Waals surface area contributed by atoms with Crippen LogP contribution < -0.4 is 4.74 Å². The number of rotatable bonds is 4. The van der Waals surface area contributed by atoms with Crippen LogP contribution in [0.3, 0.4) is 0 Å². The van der Waals surface area contributed by atoms with E-state index in [9.17, 15) is 14.9 Å². The highest BCUT2D eigenvalue weighted by atomic mass is 35.5. The number of aromatic nitrogens is 1. The number of amides is 1. The molecule has 0 radical (unpaired) electrons. The lowest BCUT2D eigenvalue weighted by Crippen LogP contribution is -2.56. The highest BCUT2D eigenvalue weighted by Crippen LogP contribution is 2.26. The van der Waals surface area contributed by atoms with E-state index in [1.54, 1.807) is 6.07 Å². The molecule has 1 amide bonds. The molecule has 0 bridgehead atoms. The molecule has 0 unspecified atom stereocenters. The smallest absolute Gasteiger partial charge is 0.282 e. The van der Waals surface area contributed by atoms with Crippen molar-refractivity contribution < 1.29 is 14.5 Å². The molecule has 0 atom stereocenters. The van der Waals surface area contributed by atoms with E-state index in [1.807, 2.05) is 19.1 Å². The first kappa shape index (κ1) is 16.2. The van der Waals surface area contributed by atoms with Gasteiger partial charge in [0.1, 0.15) is 11.7 Å². The molecule has 2 heterocycles. The Morgan fingerprint density at radius 1 is 1.38 bits per heavy atom. The van der Waals surface area contributed by atoms with Crippen molar-refractivity contribution in [2.45, 2.75) is 13.0 Å². The van der Waals surface area contributed by atoms with Crippen LogP contribution in [0.15, 0.2) is 36.4 Å². The number of nitro groups is 1. The number of pyridine rings is 1. The van der Waals surface area contributed by atoms with Crippen LogP contribution in [-0.2, 0) is 0 Å². The minimum Gasteiger partial charge on any atom is -0.471 e. The Morgan fingerprint density at radius 2 is 2.12 bits per heavy atom. The summed E-state index contributed by atoms with van der Waals surface area (Å²) in [4.78, 5) is 28.6. The van der Waals surface area contributed by atoms with Gasteiger partial charge in [-0.3, -0.25) is 14.9 Å². The molecule has 24 heavy (non-hydrogen) atoms. The molecule has 3 rings (SSSR count). The van der Waals surface area contributed by atoms with Crippen LogP contribution in [-0.4, -0.2) is 39.9 Å². The second-order valence-electron chi connectivity index (χ2n) is 5.49. The van der Waals surface area contributed by atoms with Gasteiger partial charge in [0.25, 0.3) is 11.6 Å². The van der Waals surface area contributed by atoms with E-state index in [1.165, 1.54) is 23.1 Å². The highest BCUT2D eigenvalue weighted by molar-refractivity contribution is 6.31. The molecule has 1 saturated heterocycles. The summed E-state index contributed by atoms with van der Waals surface area (Å²) in [5.41, 5.74) is 0.572. The van der Waals surface area contributed by atoms with Gasteiger partial charge in [-0.25, -0.2) is 4.98 Å². The van der Waals surface area contributed by atoms with Gasteiger partial charge in [0.15, 0.2) is 0 Å². The molecule has 124 valence electrons. The molecule has 0 saturated carbocycles. The minimum absolute atomic E-state index is 0.0142. The first-order valence-electron chi connectivity index (χ1n) is 7.27. The molecule has 1 aromatic heterocycles. The van der Waals surface area contributed by atoms with Gasteiger partial charge < -0.3 is 9.64 Å². The van der Waals surface area contributed by atoms with Gasteiger partial charge in [-0.2, -0.15) is 0 Å². The van der Waals surface area contributed by atoms with Crippen molar-refractivity contribution in [1.82, 2.24) is 9.88 Å². The zero-order valence-electron chi connectivity index (χ0n) is 12.8. The fourth-order valence-electron chi connectivity index (χ4n) is 2.44. The van der Waals surface area contributed by atoms with Crippen molar-refractivity contribution in [1.29, 1.82) is 0 Å². The molecule has 0 aliphatic carbocycles. The number of carbonyl (C=O) groups excluding carboxylic acids is 1. The molecule has 1 aliphatic rings. The van der Waals surface area contributed by atoms with Gasteiger partial charge in [0, 0.05) is 22.8 Å². The molecule has 0 spiro atoms. The van der Waals surface area contributed by atoms with E-state index >= 15 is 0 Å². The Morgan fingerprint density at radius 3 is 2.79 bits per heavy atom. The number of likely N-dealkylation sites (tertiary alicyclic amines) is 1. The molecular formula is C16H14ClN3O4. The Labute approximate surface area is 143 Å². The molecule has 7 nitrogen and oxygen atoms in total. The van der Waals surface area contributed by atoms with Crippen molar-refractivity contribution in [3.05, 3.63) is 62.8 Å². The minimum atomic E-state index is -0.589. The third-order valence-corrected chi connectivity index (χ3v) is 3.91. The third-order valence-electron chi connectivity index (χ3n) is 3.67. The van der Waals surface area contributed by atoms with Crippen LogP contribution in [0.4, 0.5) is 5.69 Å². The predicted octanol–water partition coefficient (Wildman–Crippen LogP) is 2.86. The zero-order chi connectivity index (χ0) is 17.3. The SMILES string of the molecule is Cc1cccc(OC2CN(C(=O)c3cc(Cl)ccc3[N+](=O)[O-])C2)n1. The summed E-state index contributed by atoms with van der Waals surface area (Å²) < 4.78 is 5.68. The number of benzene rings is 1. The predicted molar refractivity (Wildman–Crippen MR) is 87.4 cm³/mol. The topological polar surface area (TPSA) is 85.6 Å². The largest absolute Gasteiger partial charge is 0.471 e. The number of nitro benzene ring substituents is 1. The number of carbonyl (C=O) groups is 1. The van der Waals surface area contributed by atoms with Crippen LogP contribution in [0.1, 0.15) is 16.1 Å². The lowest BCUT2D eigenvalue weighted by Gasteiger charge is -2.38. The molecule has 0 N–H and O–H groups in total. The number of nitrogens with zero attached hydrogens (tertiary/aromatic N) is 3. The molecule has 1 fully saturated rings. The summed E-state index contributed by atoms with van der Waals surface area (Å²) in [6.45, 7) is 2.55. The second kappa shape index (κ2) is 6.45. The molecule has 1 aliphatic heterocycles. The maximum atomic E-state index is 12.4. The maximum Gasteiger partial charge on any atom is 0.282 e. The normalized spacial score (nSPS) is 14.2. The van der Waals surface area contributed by atoms with Crippen molar-refractivity contribution in [2.24, 2.45) is 0 Å². The van der Waals surface area contributed by atoms with Crippen LogP contribution in [0.25, 0.3) is 0 Å². The van der Waals surface area contributed by atoms with Crippen LogP contribution in [0, 0.1) is 17.0 Å². The van der Waals surface area contributed by atoms with Crippen LogP contribution >= 0.6 is 11.6 Å². The van der Waals surface area contributed by atoms with E-state index in [4.69, 9.17) is 16.3 Å². The first-order valence-corrected chi connectivity index (χ1v) is 7.65. The number of hydrogen-bond donors (Lipinski definition) is 0. The zero-order valence-corrected chi connectivity index (χ0v) is 13.6. The Balaban J connectivity index is 1.67. The highest BCUT2D eigenvalue weighted by Gasteiger charge is 2.35. The summed E-state index contributed by atoms with van der Waals surface area (Å²) in [5, 5.41) is 11.3. The lowest BCUT2D eigenvalue weighted by atomic mass is 10.1. The Bertz CT molecular complexity index is 806. The van der Waals surface area contributed by atoms with Gasteiger partial charge in [-0.05, 0) is 25.1 Å². The first-order chi connectivity index (χ1) is 11.4. The fourth-order valence-corrected chi connectivity index (χ4v) is 2.61. The summed E-state index contributed by atoms with van der Waals surface area (Å²) >= 11 is 5.86. The summed E-state index contributed by atoms with van der Waals surface area (Å²) in [7, 11) is 0. The van der Waals surface area contributed by atoms with Crippen molar-refractivity contribution in [3.8, 4) is 5.88 Å². The number of halogens is 1. The fraction of sp³-hybridized carbons (Fsp3) is 0.250. The molecule has 8 heteroatoms. The van der Waals surface area contributed by atoms with Gasteiger partial charge in [0.05, 0.1) is 18.0 Å². The van der Waals surface area contributed by atoms with E-state index in [-0.39, 0.29) is 22.4 Å². The summed E-state index contributed by atoms with van der Waals surface area (Å²) in [6, 6.07) is 9.40. The van der Waals surface area contributed by atoms with E-state index in [0.717, 1.165) is 5.69 Å². The lowest BCUT2D eigenvalue weighted by molar-refractivity contribution is -0.385. The summed E-state index contributed by atoms with van der Waals surface area (Å²) in [6.07, 6.45) is -0.179. The molecular weight excluding hydrogens is 334 g/mol. The van der Waals surface area contributed by atoms with Crippen molar-refractivity contribution >= 4 is 23.2 Å². The van der Waals surface area contributed by atoms with E-state index < -0.39 is 10.8 Å². The monoisotopic (exact) mass is 347 g/mol. The van der Waals surface area contributed by atoms with Gasteiger partial charge >= 0.3 is 0 Å². The Hall–Kier alpha value is -2.67. The average Bonchev–Trinajstić information content (AvgIpc) is 2.49. The number of ether oxygens (including phenoxy) is 1. The quantitative estimate of drug-likeness (QED) is 0.627.